The number of aromatic nitrogens is 2. The molecule has 4 nitrogen and oxygen atoms in total. The highest BCUT2D eigenvalue weighted by Crippen LogP contribution is 2.33. The Kier molecular flexibility index (Phi) is 2.48. The summed E-state index contributed by atoms with van der Waals surface area (Å²) >= 11 is 0. The molecule has 4 rings (SSSR count). The van der Waals surface area contributed by atoms with Crippen LogP contribution >= 0.6 is 0 Å². The lowest BCUT2D eigenvalue weighted by Crippen LogP contribution is -2.26. The number of rotatable bonds is 1. The highest BCUT2D eigenvalue weighted by atomic mass is 15.3. The summed E-state index contributed by atoms with van der Waals surface area (Å²) in [4.78, 5) is 2.28. The average Bonchev–Trinajstić information content (AvgIpc) is 2.91. The minimum absolute atomic E-state index is 0.846. The minimum Gasteiger partial charge on any atom is -0.324 e. The van der Waals surface area contributed by atoms with Crippen molar-refractivity contribution in [1.29, 1.82) is 0 Å². The van der Waals surface area contributed by atoms with Gasteiger partial charge in [-0.3, -0.25) is 0 Å². The van der Waals surface area contributed by atoms with Crippen LogP contribution in [0.5, 0.6) is 0 Å². The average molecular weight is 252 g/mol. The number of nitrogens with one attached hydrogen (secondary N) is 1. The summed E-state index contributed by atoms with van der Waals surface area (Å²) in [7, 11) is 0. The molecular weight excluding hydrogens is 236 g/mol. The van der Waals surface area contributed by atoms with Crippen molar-refractivity contribution in [2.75, 3.05) is 18.0 Å². The van der Waals surface area contributed by atoms with Crippen molar-refractivity contribution in [3.05, 3.63) is 47.2 Å². The Bertz CT molecular complexity index is 623. The molecule has 0 amide bonds. The van der Waals surface area contributed by atoms with Gasteiger partial charge in [-0.2, -0.15) is 5.10 Å². The van der Waals surface area contributed by atoms with E-state index in [-0.39, 0.29) is 0 Å². The van der Waals surface area contributed by atoms with Gasteiger partial charge in [0.2, 0.25) is 0 Å². The molecule has 0 saturated carbocycles. The topological polar surface area (TPSA) is 41.1 Å². The van der Waals surface area contributed by atoms with E-state index in [1.165, 1.54) is 16.8 Å². The van der Waals surface area contributed by atoms with Crippen LogP contribution in [-0.2, 0) is 19.4 Å². The molecule has 0 spiro atoms. The molecular formula is C15H16N4. The maximum Gasteiger partial charge on any atom is 0.155 e. The van der Waals surface area contributed by atoms with Crippen LogP contribution in [0.2, 0.25) is 0 Å². The Balaban J connectivity index is 1.74. The fraction of sp³-hybridized carbons (Fsp3) is 0.333. The molecule has 2 aliphatic heterocycles. The van der Waals surface area contributed by atoms with Crippen molar-refractivity contribution in [2.24, 2.45) is 0 Å². The molecule has 4 heteroatoms. The first kappa shape index (κ1) is 10.9. The number of benzene rings is 1. The maximum absolute atomic E-state index is 4.41. The molecule has 2 aliphatic rings. The normalized spacial score (nSPS) is 17.2. The lowest BCUT2D eigenvalue weighted by molar-refractivity contribution is 0.616. The van der Waals surface area contributed by atoms with E-state index >= 15 is 0 Å². The van der Waals surface area contributed by atoms with Gasteiger partial charge >= 0.3 is 0 Å². The van der Waals surface area contributed by atoms with Gasteiger partial charge < -0.3 is 10.2 Å². The quantitative estimate of drug-likeness (QED) is 0.840. The highest BCUT2D eigenvalue weighted by molar-refractivity contribution is 5.67. The second kappa shape index (κ2) is 4.31. The van der Waals surface area contributed by atoms with Crippen molar-refractivity contribution >= 4 is 11.5 Å². The van der Waals surface area contributed by atoms with E-state index < -0.39 is 0 Å². The Morgan fingerprint density at radius 2 is 2.00 bits per heavy atom. The van der Waals surface area contributed by atoms with Crippen LogP contribution in [0.4, 0.5) is 11.5 Å². The molecule has 1 aromatic heterocycles. The zero-order valence-electron chi connectivity index (χ0n) is 10.8. The number of para-hydroxylation sites is 1. The number of anilines is 2. The van der Waals surface area contributed by atoms with Gasteiger partial charge in [-0.15, -0.1) is 5.10 Å². The predicted molar refractivity (Wildman–Crippen MR) is 74.6 cm³/mol. The van der Waals surface area contributed by atoms with Crippen LogP contribution in [0.25, 0.3) is 0 Å². The van der Waals surface area contributed by atoms with Crippen LogP contribution < -0.4 is 10.2 Å². The second-order valence-electron chi connectivity index (χ2n) is 5.13. The van der Waals surface area contributed by atoms with Crippen molar-refractivity contribution < 1.29 is 0 Å². The van der Waals surface area contributed by atoms with Gasteiger partial charge in [-0.25, -0.2) is 0 Å². The summed E-state index contributed by atoms with van der Waals surface area (Å²) in [5.41, 5.74) is 5.13. The summed E-state index contributed by atoms with van der Waals surface area (Å²) in [5.74, 6) is 0.991. The van der Waals surface area contributed by atoms with E-state index in [1.54, 1.807) is 0 Å². The van der Waals surface area contributed by atoms with E-state index in [2.05, 4.69) is 50.7 Å². The second-order valence-corrected chi connectivity index (χ2v) is 5.13. The number of hydrogen-bond acceptors (Lipinski definition) is 4. The van der Waals surface area contributed by atoms with E-state index in [4.69, 9.17) is 0 Å². The third kappa shape index (κ3) is 1.79. The largest absolute Gasteiger partial charge is 0.324 e. The standard InChI is InChI=1S/C15H16N4/c1-2-4-14-11(3-1)6-8-19(14)15-9-12-5-7-16-10-13(12)17-18-15/h1-4,9,16H,5-8,10H2. The number of hydrogen-bond donors (Lipinski definition) is 1. The smallest absolute Gasteiger partial charge is 0.155 e. The van der Waals surface area contributed by atoms with Crippen molar-refractivity contribution in [3.63, 3.8) is 0 Å². The van der Waals surface area contributed by atoms with Crippen LogP contribution in [0, 0.1) is 0 Å². The summed E-state index contributed by atoms with van der Waals surface area (Å²) in [6.45, 7) is 2.89. The summed E-state index contributed by atoms with van der Waals surface area (Å²) in [5, 5.41) is 12.1. The molecule has 1 aromatic carbocycles. The third-order valence-corrected chi connectivity index (χ3v) is 3.97. The van der Waals surface area contributed by atoms with Crippen LogP contribution in [0.1, 0.15) is 16.8 Å². The highest BCUT2D eigenvalue weighted by Gasteiger charge is 2.22. The first-order valence-electron chi connectivity index (χ1n) is 6.83. The lowest BCUT2D eigenvalue weighted by Gasteiger charge is -2.21. The zero-order valence-corrected chi connectivity index (χ0v) is 10.8. The summed E-state index contributed by atoms with van der Waals surface area (Å²) in [6.07, 6.45) is 2.14. The fourth-order valence-corrected chi connectivity index (χ4v) is 2.95. The monoisotopic (exact) mass is 252 g/mol. The Morgan fingerprint density at radius 1 is 1.05 bits per heavy atom. The van der Waals surface area contributed by atoms with Crippen LogP contribution in [-0.4, -0.2) is 23.3 Å². The molecule has 19 heavy (non-hydrogen) atoms. The minimum atomic E-state index is 0.846. The van der Waals surface area contributed by atoms with E-state index in [1.807, 2.05) is 0 Å². The van der Waals surface area contributed by atoms with Gasteiger partial charge in [0, 0.05) is 18.8 Å². The van der Waals surface area contributed by atoms with Gasteiger partial charge in [-0.05, 0) is 42.6 Å². The van der Waals surface area contributed by atoms with E-state index in [9.17, 15) is 0 Å². The molecule has 0 unspecified atom stereocenters. The molecule has 0 atom stereocenters. The molecule has 0 aliphatic carbocycles. The summed E-state index contributed by atoms with van der Waals surface area (Å²) < 4.78 is 0. The van der Waals surface area contributed by atoms with Gasteiger partial charge in [-0.1, -0.05) is 18.2 Å². The predicted octanol–water partition coefficient (Wildman–Crippen LogP) is 1.82. The Morgan fingerprint density at radius 3 is 3.00 bits per heavy atom. The SMILES string of the molecule is c1ccc2c(c1)CCN2c1cc2c(nn1)CNCC2. The van der Waals surface area contributed by atoms with Gasteiger partial charge in [0.05, 0.1) is 5.69 Å². The van der Waals surface area contributed by atoms with Crippen molar-refractivity contribution in [2.45, 2.75) is 19.4 Å². The van der Waals surface area contributed by atoms with Crippen molar-refractivity contribution in [3.8, 4) is 0 Å². The Hall–Kier alpha value is -1.94. The Labute approximate surface area is 112 Å². The van der Waals surface area contributed by atoms with Crippen molar-refractivity contribution in [1.82, 2.24) is 15.5 Å². The summed E-state index contributed by atoms with van der Waals surface area (Å²) in [6, 6.07) is 10.8. The zero-order chi connectivity index (χ0) is 12.7. The molecule has 0 saturated heterocycles. The molecule has 96 valence electrons. The molecule has 1 N–H and O–H groups in total. The first-order chi connectivity index (χ1) is 9.42. The third-order valence-electron chi connectivity index (χ3n) is 3.97. The van der Waals surface area contributed by atoms with Crippen LogP contribution in [0.3, 0.4) is 0 Å². The lowest BCUT2D eigenvalue weighted by atomic mass is 10.1. The van der Waals surface area contributed by atoms with E-state index in [0.29, 0.717) is 0 Å². The fourth-order valence-electron chi connectivity index (χ4n) is 2.95. The number of nitrogens with zero attached hydrogens (tertiary/aromatic N) is 3. The van der Waals surface area contributed by atoms with Gasteiger partial charge in [0.25, 0.3) is 0 Å². The molecule has 0 bridgehead atoms. The molecule has 3 heterocycles. The van der Waals surface area contributed by atoms with E-state index in [0.717, 1.165) is 44.0 Å². The van der Waals surface area contributed by atoms with Crippen LogP contribution in [0.15, 0.2) is 30.3 Å². The van der Waals surface area contributed by atoms with Gasteiger partial charge in [0.15, 0.2) is 5.82 Å². The van der Waals surface area contributed by atoms with Gasteiger partial charge in [0.1, 0.15) is 0 Å². The molecule has 0 fully saturated rings. The maximum atomic E-state index is 4.41. The molecule has 0 radical (unpaired) electrons. The first-order valence-corrected chi connectivity index (χ1v) is 6.83. The number of fused-ring (bicyclic) bond motifs is 2. The molecule has 2 aromatic rings.